The van der Waals surface area contributed by atoms with Gasteiger partial charge in [-0.25, -0.2) is 17.1 Å². The maximum absolute atomic E-state index is 13.9. The molecule has 0 saturated heterocycles. The second-order valence-electron chi connectivity index (χ2n) is 4.74. The number of anilines is 1. The van der Waals surface area contributed by atoms with E-state index in [1.54, 1.807) is 0 Å². The van der Waals surface area contributed by atoms with E-state index in [4.69, 9.17) is 0 Å². The fraction of sp³-hybridized carbons (Fsp3) is 0.308. The third-order valence-electron chi connectivity index (χ3n) is 2.95. The van der Waals surface area contributed by atoms with Crippen LogP contribution in [0.4, 0.5) is 9.52 Å². The van der Waals surface area contributed by atoms with E-state index in [0.717, 1.165) is 27.5 Å². The predicted molar refractivity (Wildman–Crippen MR) is 84.5 cm³/mol. The van der Waals surface area contributed by atoms with E-state index in [2.05, 4.69) is 15.5 Å². The van der Waals surface area contributed by atoms with E-state index < -0.39 is 21.7 Å². The molecule has 0 aliphatic rings. The van der Waals surface area contributed by atoms with Gasteiger partial charge in [0.25, 0.3) is 5.91 Å². The Labute approximate surface area is 137 Å². The summed E-state index contributed by atoms with van der Waals surface area (Å²) in [6, 6.07) is 3.06. The van der Waals surface area contributed by atoms with Crippen LogP contribution in [0.5, 0.6) is 0 Å². The van der Waals surface area contributed by atoms with Crippen molar-refractivity contribution in [2.24, 2.45) is 0 Å². The molecule has 0 bridgehead atoms. The van der Waals surface area contributed by atoms with Crippen molar-refractivity contribution in [3.63, 3.8) is 0 Å². The summed E-state index contributed by atoms with van der Waals surface area (Å²) in [6.07, 6.45) is 0.665. The van der Waals surface area contributed by atoms with Crippen molar-refractivity contribution < 1.29 is 17.6 Å². The molecule has 0 aliphatic heterocycles. The van der Waals surface area contributed by atoms with Gasteiger partial charge in [0.05, 0.1) is 10.5 Å². The summed E-state index contributed by atoms with van der Waals surface area (Å²) >= 11 is 1.17. The number of nitrogens with zero attached hydrogens (tertiary/aromatic N) is 3. The molecule has 1 aromatic carbocycles. The van der Waals surface area contributed by atoms with Gasteiger partial charge in [0, 0.05) is 14.1 Å². The van der Waals surface area contributed by atoms with E-state index in [1.165, 1.54) is 25.4 Å². The number of sulfonamides is 1. The number of hydrogen-bond donors (Lipinski definition) is 1. The van der Waals surface area contributed by atoms with Crippen molar-refractivity contribution in [2.75, 3.05) is 19.4 Å². The summed E-state index contributed by atoms with van der Waals surface area (Å²) in [4.78, 5) is 12.0. The van der Waals surface area contributed by atoms with E-state index in [9.17, 15) is 17.6 Å². The third-order valence-corrected chi connectivity index (χ3v) is 5.74. The van der Waals surface area contributed by atoms with Crippen LogP contribution in [0.3, 0.4) is 0 Å². The lowest BCUT2D eigenvalue weighted by molar-refractivity contribution is 0.102. The zero-order valence-corrected chi connectivity index (χ0v) is 14.3. The minimum absolute atomic E-state index is 0.166. The smallest absolute Gasteiger partial charge is 0.260 e. The van der Waals surface area contributed by atoms with E-state index in [1.807, 2.05) is 6.92 Å². The second-order valence-corrected chi connectivity index (χ2v) is 7.95. The molecule has 1 amide bonds. The van der Waals surface area contributed by atoms with E-state index >= 15 is 0 Å². The lowest BCUT2D eigenvalue weighted by Crippen LogP contribution is -2.23. The SMILES string of the molecule is CCc1nnc(NC(=O)c2cc(S(=O)(=O)N(C)C)ccc2F)s1. The molecule has 7 nitrogen and oxygen atoms in total. The van der Waals surface area contributed by atoms with Crippen molar-refractivity contribution in [1.29, 1.82) is 0 Å². The van der Waals surface area contributed by atoms with Crippen molar-refractivity contribution >= 4 is 32.4 Å². The highest BCUT2D eigenvalue weighted by atomic mass is 32.2. The Morgan fingerprint density at radius 1 is 1.35 bits per heavy atom. The number of hydrogen-bond acceptors (Lipinski definition) is 6. The average Bonchev–Trinajstić information content (AvgIpc) is 2.94. The number of benzene rings is 1. The molecule has 1 aromatic heterocycles. The first-order valence-electron chi connectivity index (χ1n) is 6.61. The van der Waals surface area contributed by atoms with Gasteiger partial charge in [-0.05, 0) is 24.6 Å². The van der Waals surface area contributed by atoms with Crippen molar-refractivity contribution in [3.05, 3.63) is 34.6 Å². The molecule has 0 atom stereocenters. The van der Waals surface area contributed by atoms with Gasteiger partial charge in [-0.1, -0.05) is 18.3 Å². The van der Waals surface area contributed by atoms with Gasteiger partial charge in [0.1, 0.15) is 10.8 Å². The van der Waals surface area contributed by atoms with Crippen LogP contribution in [-0.2, 0) is 16.4 Å². The first-order valence-corrected chi connectivity index (χ1v) is 8.87. The lowest BCUT2D eigenvalue weighted by Gasteiger charge is -2.12. The summed E-state index contributed by atoms with van der Waals surface area (Å²) < 4.78 is 39.0. The monoisotopic (exact) mass is 358 g/mol. The Kier molecular flexibility index (Phi) is 5.07. The molecule has 1 heterocycles. The highest BCUT2D eigenvalue weighted by Gasteiger charge is 2.22. The molecule has 23 heavy (non-hydrogen) atoms. The van der Waals surface area contributed by atoms with Gasteiger partial charge < -0.3 is 0 Å². The summed E-state index contributed by atoms with van der Waals surface area (Å²) in [7, 11) is -1.05. The van der Waals surface area contributed by atoms with Crippen LogP contribution >= 0.6 is 11.3 Å². The molecule has 0 aliphatic carbocycles. The number of nitrogens with one attached hydrogen (secondary N) is 1. The Morgan fingerprint density at radius 3 is 2.61 bits per heavy atom. The largest absolute Gasteiger partial charge is 0.296 e. The third kappa shape index (κ3) is 3.71. The van der Waals surface area contributed by atoms with Gasteiger partial charge in [-0.3, -0.25) is 10.1 Å². The summed E-state index contributed by atoms with van der Waals surface area (Å²) in [5.41, 5.74) is -0.374. The maximum atomic E-state index is 13.9. The standard InChI is InChI=1S/C13H15FN4O3S2/c1-4-11-16-17-13(22-11)15-12(19)9-7-8(5-6-10(9)14)23(20,21)18(2)3/h5-7H,4H2,1-3H3,(H,15,17,19). The second kappa shape index (κ2) is 6.69. The van der Waals surface area contributed by atoms with Crippen LogP contribution in [0.2, 0.25) is 0 Å². The van der Waals surface area contributed by atoms with Gasteiger partial charge in [0.2, 0.25) is 15.2 Å². The van der Waals surface area contributed by atoms with E-state index in [-0.39, 0.29) is 15.6 Å². The summed E-state index contributed by atoms with van der Waals surface area (Å²) in [6.45, 7) is 1.89. The Hall–Kier alpha value is -1.91. The number of rotatable bonds is 5. The maximum Gasteiger partial charge on any atom is 0.260 e. The van der Waals surface area contributed by atoms with Crippen LogP contribution in [-0.4, -0.2) is 42.9 Å². The summed E-state index contributed by atoms with van der Waals surface area (Å²) in [5, 5.41) is 11.0. The molecule has 1 N–H and O–H groups in total. The molecule has 0 spiro atoms. The number of carbonyl (C=O) groups excluding carboxylic acids is 1. The van der Waals surface area contributed by atoms with Crippen LogP contribution in [0.15, 0.2) is 23.1 Å². The normalized spacial score (nSPS) is 11.7. The topological polar surface area (TPSA) is 92.3 Å². The molecule has 124 valence electrons. The predicted octanol–water partition coefficient (Wildman–Crippen LogP) is 1.74. The molecule has 0 radical (unpaired) electrons. The van der Waals surface area contributed by atoms with Crippen molar-refractivity contribution in [2.45, 2.75) is 18.2 Å². The fourth-order valence-electron chi connectivity index (χ4n) is 1.66. The number of carbonyl (C=O) groups is 1. The highest BCUT2D eigenvalue weighted by Crippen LogP contribution is 2.20. The zero-order chi connectivity index (χ0) is 17.2. The molecule has 0 saturated carbocycles. The van der Waals surface area contributed by atoms with Crippen LogP contribution in [0.25, 0.3) is 0 Å². The highest BCUT2D eigenvalue weighted by molar-refractivity contribution is 7.89. The van der Waals surface area contributed by atoms with Crippen LogP contribution < -0.4 is 5.32 Å². The molecule has 10 heteroatoms. The first-order chi connectivity index (χ1) is 10.8. The number of aryl methyl sites for hydroxylation is 1. The Balaban J connectivity index is 2.33. The number of amides is 1. The average molecular weight is 358 g/mol. The number of aromatic nitrogens is 2. The minimum Gasteiger partial charge on any atom is -0.296 e. The van der Waals surface area contributed by atoms with Gasteiger partial charge in [-0.2, -0.15) is 0 Å². The molecule has 0 unspecified atom stereocenters. The van der Waals surface area contributed by atoms with Crippen LogP contribution in [0.1, 0.15) is 22.3 Å². The molecule has 2 rings (SSSR count). The lowest BCUT2D eigenvalue weighted by atomic mass is 10.2. The molecular formula is C13H15FN4O3S2. The van der Waals surface area contributed by atoms with Crippen molar-refractivity contribution in [3.8, 4) is 0 Å². The quantitative estimate of drug-likeness (QED) is 0.879. The van der Waals surface area contributed by atoms with Gasteiger partial charge in [-0.15, -0.1) is 10.2 Å². The molecular weight excluding hydrogens is 343 g/mol. The van der Waals surface area contributed by atoms with Gasteiger partial charge >= 0.3 is 0 Å². The molecule has 0 fully saturated rings. The van der Waals surface area contributed by atoms with Crippen LogP contribution in [0, 0.1) is 5.82 Å². The van der Waals surface area contributed by atoms with E-state index in [0.29, 0.717) is 6.42 Å². The minimum atomic E-state index is -3.76. The summed E-state index contributed by atoms with van der Waals surface area (Å²) in [5.74, 6) is -1.60. The molecule has 2 aromatic rings. The zero-order valence-electron chi connectivity index (χ0n) is 12.7. The fourth-order valence-corrected chi connectivity index (χ4v) is 3.26. The first kappa shape index (κ1) is 17.4. The Morgan fingerprint density at radius 2 is 2.04 bits per heavy atom. The van der Waals surface area contributed by atoms with Gasteiger partial charge in [0.15, 0.2) is 0 Å². The Bertz CT molecular complexity index is 833. The number of halogens is 1. The van der Waals surface area contributed by atoms with Crippen molar-refractivity contribution in [1.82, 2.24) is 14.5 Å².